The van der Waals surface area contributed by atoms with Crippen molar-refractivity contribution in [2.24, 2.45) is 35.5 Å². The van der Waals surface area contributed by atoms with E-state index in [2.05, 4.69) is 36.7 Å². The Morgan fingerprint density at radius 3 is 1.57 bits per heavy atom. The molecule has 0 saturated carbocycles. The van der Waals surface area contributed by atoms with Crippen LogP contribution in [-0.2, 0) is 64.0 Å². The largest absolute Gasteiger partial charge is 0.390 e. The van der Waals surface area contributed by atoms with Gasteiger partial charge in [-0.15, -0.1) is 10.2 Å². The van der Waals surface area contributed by atoms with E-state index in [4.69, 9.17) is 4.74 Å². The van der Waals surface area contributed by atoms with E-state index in [-0.39, 0.29) is 50.0 Å². The van der Waals surface area contributed by atoms with Gasteiger partial charge in [0.2, 0.25) is 65.0 Å². The van der Waals surface area contributed by atoms with E-state index in [1.165, 1.54) is 93.9 Å². The number of hydrogen-bond acceptors (Lipinski definition) is 16. The van der Waals surface area contributed by atoms with Crippen LogP contribution in [0.15, 0.2) is 18.5 Å². The van der Waals surface area contributed by atoms with Gasteiger partial charge in [0.25, 0.3) is 0 Å². The first-order valence-electron chi connectivity index (χ1n) is 33.0. The molecule has 0 bridgehead atoms. The molecule has 0 spiro atoms. The van der Waals surface area contributed by atoms with Gasteiger partial charge in [0.1, 0.15) is 60.4 Å². The number of aromatic nitrogens is 4. The monoisotopic (exact) mass is 1310 g/mol. The molecule has 1 saturated heterocycles. The van der Waals surface area contributed by atoms with Gasteiger partial charge in [0.15, 0.2) is 6.33 Å². The van der Waals surface area contributed by atoms with Crippen LogP contribution in [0.1, 0.15) is 156 Å². The van der Waals surface area contributed by atoms with Crippen LogP contribution in [0.4, 0.5) is 0 Å². The molecule has 1 fully saturated rings. The molecule has 0 unspecified atom stereocenters. The molecule has 1 aliphatic rings. The van der Waals surface area contributed by atoms with Crippen LogP contribution in [-0.4, -0.2) is 260 Å². The van der Waals surface area contributed by atoms with Crippen molar-refractivity contribution in [2.75, 3.05) is 62.5 Å². The van der Waals surface area contributed by atoms with Crippen LogP contribution in [0.25, 0.3) is 0 Å². The second kappa shape index (κ2) is 38.3. The molecule has 93 heavy (non-hydrogen) atoms. The number of unbranched alkanes of at least 4 members (excludes halogenated alkanes) is 1. The van der Waals surface area contributed by atoms with Crippen LogP contribution in [0.3, 0.4) is 0 Å². The van der Waals surface area contributed by atoms with Gasteiger partial charge in [-0.05, 0) is 113 Å². The first-order valence-corrected chi connectivity index (χ1v) is 33.0. The molecule has 1 aromatic rings. The maximum absolute atomic E-state index is 15.2. The summed E-state index contributed by atoms with van der Waals surface area (Å²) < 4.78 is 6.23. The molecule has 28 heteroatoms. The van der Waals surface area contributed by atoms with Gasteiger partial charge in [0, 0.05) is 55.9 Å². The number of nitrogens with one attached hydrogen (secondary N) is 4. The number of aliphatic hydroxyl groups excluding tert-OH is 1. The van der Waals surface area contributed by atoms with Crippen LogP contribution in [0.5, 0.6) is 0 Å². The van der Waals surface area contributed by atoms with Crippen LogP contribution in [0.2, 0.25) is 0 Å². The lowest BCUT2D eigenvalue weighted by atomic mass is 9.91. The Bertz CT molecular complexity index is 2670. The molecule has 1 aliphatic heterocycles. The maximum Gasteiger partial charge on any atom is 0.246 e. The van der Waals surface area contributed by atoms with Gasteiger partial charge in [-0.3, -0.25) is 52.7 Å². The third kappa shape index (κ3) is 23.4. The van der Waals surface area contributed by atoms with Gasteiger partial charge in [-0.2, -0.15) is 4.80 Å². The minimum absolute atomic E-state index is 0.0143. The van der Waals surface area contributed by atoms with Crippen molar-refractivity contribution in [2.45, 2.75) is 235 Å². The minimum Gasteiger partial charge on any atom is -0.390 e. The van der Waals surface area contributed by atoms with E-state index in [9.17, 15) is 43.5 Å². The number of carbonyl (C=O) groups is 11. The first kappa shape index (κ1) is 82.0. The van der Waals surface area contributed by atoms with Crippen molar-refractivity contribution in [3.8, 4) is 0 Å². The summed E-state index contributed by atoms with van der Waals surface area (Å²) in [7, 11) is 9.78. The van der Waals surface area contributed by atoms with E-state index < -0.39 is 162 Å². The predicted octanol–water partition coefficient (Wildman–Crippen LogP) is 2.09. The number of allylic oxidation sites excluding steroid dienone is 2. The zero-order valence-electron chi connectivity index (χ0n) is 60.0. The summed E-state index contributed by atoms with van der Waals surface area (Å²) in [4.78, 5) is 172. The Morgan fingerprint density at radius 2 is 1.06 bits per heavy atom. The van der Waals surface area contributed by atoms with Crippen molar-refractivity contribution in [1.29, 1.82) is 0 Å². The second-order valence-corrected chi connectivity index (χ2v) is 27.2. The Labute approximate surface area is 552 Å². The molecule has 0 aliphatic carbocycles. The highest BCUT2D eigenvalue weighted by Gasteiger charge is 2.46. The molecule has 0 aromatic carbocycles. The van der Waals surface area contributed by atoms with Crippen molar-refractivity contribution < 1.29 is 62.6 Å². The van der Waals surface area contributed by atoms with Crippen molar-refractivity contribution >= 4 is 65.0 Å². The summed E-state index contributed by atoms with van der Waals surface area (Å²) in [6.07, 6.45) is 4.06. The van der Waals surface area contributed by atoms with Gasteiger partial charge >= 0.3 is 0 Å². The topological polar surface area (TPSA) is 332 Å². The summed E-state index contributed by atoms with van der Waals surface area (Å²) >= 11 is 0. The number of ether oxygens (including phenoxy) is 1. The first-order chi connectivity index (χ1) is 43.3. The van der Waals surface area contributed by atoms with Crippen molar-refractivity contribution in [3.63, 3.8) is 0 Å². The maximum atomic E-state index is 15.2. The van der Waals surface area contributed by atoms with E-state index in [0.29, 0.717) is 25.8 Å². The highest BCUT2D eigenvalue weighted by Crippen LogP contribution is 2.26. The fourth-order valence-electron chi connectivity index (χ4n) is 11.5. The molecule has 0 radical (unpaired) electrons. The molecular formula is C65H115N15O13. The number of rotatable bonds is 20. The molecule has 2 heterocycles. The summed E-state index contributed by atoms with van der Waals surface area (Å²) in [5.41, 5.74) is 0. The Balaban J connectivity index is 2.98. The van der Waals surface area contributed by atoms with Crippen LogP contribution >= 0.6 is 0 Å². The van der Waals surface area contributed by atoms with Gasteiger partial charge in [0.05, 0.1) is 25.3 Å². The van der Waals surface area contributed by atoms with Crippen molar-refractivity contribution in [1.82, 2.24) is 75.8 Å². The standard InChI is InChI=1S/C65H115N15O13/c1-24-26-29-42(13)55(82)54-59(86)70-46(25-2)61(88)73(17)35-50(81)77(21)53(45(16)93-31-28-27-30-80-67-36-66-72-80)58(85)71-51(40(9)10)64(91)74(18)47(32-37(3)4)57(84)68-43(14)56(83)69-44(15)60(87)75(19)48(33-38(5)6)62(89)76(20)49(34-39(7)8)63(90)78(22)52(41(11)12)65(92)79(54)23/h24,26,36-49,51-55,82H,25,27-35H2,1-23H3,(H,68,84)(H,69,83)(H,70,86)(H,71,85)/t42-,43+,44-,45-,46+,47+,48+,49+,51+,52+,53+,54+,55-/m1/s1. The van der Waals surface area contributed by atoms with E-state index in [0.717, 1.165) is 14.7 Å². The summed E-state index contributed by atoms with van der Waals surface area (Å²) in [6, 6.07) is -13.0. The zero-order chi connectivity index (χ0) is 71.2. The summed E-state index contributed by atoms with van der Waals surface area (Å²) in [6.45, 7) is 27.5. The van der Waals surface area contributed by atoms with Gasteiger partial charge in [-0.1, -0.05) is 95.2 Å². The Morgan fingerprint density at radius 1 is 0.559 bits per heavy atom. The quantitative estimate of drug-likeness (QED) is 0.0922. The fraction of sp³-hybridized carbons (Fsp3) is 0.785. The lowest BCUT2D eigenvalue weighted by molar-refractivity contribution is -0.157. The molecule has 2 rings (SSSR count). The molecular weight excluding hydrogens is 1200 g/mol. The minimum atomic E-state index is -1.64. The molecule has 11 amide bonds. The smallest absolute Gasteiger partial charge is 0.246 e. The molecule has 13 atom stereocenters. The molecule has 528 valence electrons. The Kier molecular flexibility index (Phi) is 33.8. The predicted molar refractivity (Wildman–Crippen MR) is 351 cm³/mol. The third-order valence-corrected chi connectivity index (χ3v) is 17.3. The number of aryl methyl sites for hydroxylation is 1. The lowest BCUT2D eigenvalue weighted by Gasteiger charge is -2.41. The molecule has 5 N–H and O–H groups in total. The average Bonchev–Trinajstić information content (AvgIpc) is 1.07. The number of tetrazole rings is 1. The van der Waals surface area contributed by atoms with E-state index in [1.54, 1.807) is 67.5 Å². The molecule has 28 nitrogen and oxygen atoms in total. The Hall–Kier alpha value is -7.10. The second-order valence-electron chi connectivity index (χ2n) is 27.2. The van der Waals surface area contributed by atoms with E-state index in [1.807, 2.05) is 41.5 Å². The SMILES string of the molecule is CC=CC[C@@H](C)[C@@H](O)[C@H]1C(=O)N[C@@H](CC)C(=O)N(C)CC(=O)N(C)[C@@H]([C@@H](C)OCCCCn2ncnn2)C(=O)N[C@@H](C(C)C)C(=O)N(C)[C@@H](CC(C)C)C(=O)N[C@@H](C)C(=O)N[C@H](C)C(=O)N(C)[C@@H](CC(C)C)C(=O)N(C)[C@@H](CC(C)C)C(=O)N(C)[C@@H](C(C)C)C(=O)N1C. The highest BCUT2D eigenvalue weighted by molar-refractivity contribution is 5.99. The number of aliphatic hydroxyl groups is 1. The summed E-state index contributed by atoms with van der Waals surface area (Å²) in [5.74, 6) is -10.2. The number of hydrogen-bond donors (Lipinski definition) is 5. The zero-order valence-corrected chi connectivity index (χ0v) is 60.0. The number of nitrogens with zero attached hydrogens (tertiary/aromatic N) is 11. The van der Waals surface area contributed by atoms with Crippen LogP contribution in [0, 0.1) is 35.5 Å². The van der Waals surface area contributed by atoms with Gasteiger partial charge in [-0.25, -0.2) is 0 Å². The highest BCUT2D eigenvalue weighted by atomic mass is 16.5. The average molecular weight is 1310 g/mol. The molecule has 1 aromatic heterocycles. The van der Waals surface area contributed by atoms with E-state index >= 15 is 14.4 Å². The number of likely N-dealkylation sites (N-methyl/N-ethyl adjacent to an activating group) is 7. The number of amides is 11. The van der Waals surface area contributed by atoms with Crippen molar-refractivity contribution in [3.05, 3.63) is 18.5 Å². The summed E-state index contributed by atoms with van der Waals surface area (Å²) in [5, 5.41) is 34.8. The normalized spacial score (nSPS) is 25.9. The van der Waals surface area contributed by atoms with Gasteiger partial charge < -0.3 is 65.4 Å². The third-order valence-electron chi connectivity index (χ3n) is 17.3. The lowest BCUT2D eigenvalue weighted by Crippen LogP contribution is -2.63. The number of carbonyl (C=O) groups excluding carboxylic acids is 11. The fourth-order valence-corrected chi connectivity index (χ4v) is 11.5. The van der Waals surface area contributed by atoms with Crippen LogP contribution < -0.4 is 21.3 Å².